The molecule has 2 amide bonds. The molecule has 2 rings (SSSR count). The third kappa shape index (κ3) is 5.78. The van der Waals surface area contributed by atoms with E-state index < -0.39 is 35.0 Å². The minimum Gasteiger partial charge on any atom is -0.393 e. The normalized spacial score (nSPS) is 26.3. The summed E-state index contributed by atoms with van der Waals surface area (Å²) in [5.41, 5.74) is 9.10. The molecule has 29 heavy (non-hydrogen) atoms. The van der Waals surface area contributed by atoms with Gasteiger partial charge in [0, 0.05) is 0 Å². The number of primary amides is 2. The van der Waals surface area contributed by atoms with Crippen LogP contribution in [-0.4, -0.2) is 38.8 Å². The smallest absolute Gasteiger partial charge is 0.253 e. The summed E-state index contributed by atoms with van der Waals surface area (Å²) in [4.78, 5) is 23.4. The van der Waals surface area contributed by atoms with E-state index in [-0.39, 0.29) is 6.42 Å². The van der Waals surface area contributed by atoms with Crippen molar-refractivity contribution in [2.75, 3.05) is 0 Å². The molecule has 0 heterocycles. The maximum absolute atomic E-state index is 12.0. The molecule has 162 valence electrons. The number of nitrogens with two attached hydrogens (primary N) is 2. The van der Waals surface area contributed by atoms with Crippen LogP contribution in [0.1, 0.15) is 63.5 Å². The molecule has 1 aliphatic rings. The Balaban J connectivity index is 2.00. The summed E-state index contributed by atoms with van der Waals surface area (Å²) in [7, 11) is 0. The molecule has 0 spiro atoms. The Kier molecular flexibility index (Phi) is 7.43. The van der Waals surface area contributed by atoms with Crippen molar-refractivity contribution < 1.29 is 24.9 Å². The zero-order valence-electron chi connectivity index (χ0n) is 17.3. The first-order chi connectivity index (χ1) is 13.5. The number of aliphatic hydroxyl groups excluding tert-OH is 1. The number of benzene rings is 1. The van der Waals surface area contributed by atoms with E-state index in [0.717, 1.165) is 18.4 Å². The lowest BCUT2D eigenvalue weighted by Crippen LogP contribution is -2.48. The van der Waals surface area contributed by atoms with E-state index in [2.05, 4.69) is 6.92 Å². The van der Waals surface area contributed by atoms with E-state index in [0.29, 0.717) is 37.2 Å². The standard InChI is InChI=1S/C22H34N2O5/c1-14-8-10-22(29,11-9-14)18(19(23)26)13-17(25)7-6-15-4-3-5-16(12-15)21(2,28)20(24)27/h3-5,12,14,17-18,25,28-29H,6-11,13H2,1-2H3,(H2,23,26)(H2,24,27). The summed E-state index contributed by atoms with van der Waals surface area (Å²) in [5.74, 6) is -1.69. The molecule has 3 atom stereocenters. The van der Waals surface area contributed by atoms with Crippen LogP contribution in [0.2, 0.25) is 0 Å². The van der Waals surface area contributed by atoms with Crippen LogP contribution in [0.5, 0.6) is 0 Å². The second-order valence-corrected chi connectivity index (χ2v) is 8.81. The molecule has 0 saturated heterocycles. The Morgan fingerprint density at radius 1 is 1.28 bits per heavy atom. The number of hydrogen-bond acceptors (Lipinski definition) is 5. The average Bonchev–Trinajstić information content (AvgIpc) is 2.66. The first kappa shape index (κ1) is 23.3. The number of aliphatic hydroxyl groups is 3. The quantitative estimate of drug-likeness (QED) is 0.417. The molecule has 7 N–H and O–H groups in total. The second-order valence-electron chi connectivity index (χ2n) is 8.81. The van der Waals surface area contributed by atoms with Crippen molar-refractivity contribution in [3.63, 3.8) is 0 Å². The molecular formula is C22H34N2O5. The topological polar surface area (TPSA) is 147 Å². The van der Waals surface area contributed by atoms with Crippen molar-refractivity contribution in [3.8, 4) is 0 Å². The third-order valence-corrected chi connectivity index (χ3v) is 6.38. The molecule has 3 unspecified atom stereocenters. The van der Waals surface area contributed by atoms with Crippen molar-refractivity contribution in [2.24, 2.45) is 23.3 Å². The molecule has 0 bridgehead atoms. The predicted octanol–water partition coefficient (Wildman–Crippen LogP) is 1.11. The molecule has 0 aromatic heterocycles. The van der Waals surface area contributed by atoms with Gasteiger partial charge in [-0.25, -0.2) is 0 Å². The monoisotopic (exact) mass is 406 g/mol. The SMILES string of the molecule is CC1CCC(O)(C(CC(O)CCc2cccc(C(C)(O)C(N)=O)c2)C(N)=O)CC1. The summed E-state index contributed by atoms with van der Waals surface area (Å²) >= 11 is 0. The van der Waals surface area contributed by atoms with Crippen LogP contribution in [0.25, 0.3) is 0 Å². The Morgan fingerprint density at radius 2 is 1.90 bits per heavy atom. The molecule has 1 aromatic rings. The maximum atomic E-state index is 12.0. The molecule has 7 nitrogen and oxygen atoms in total. The molecule has 1 aliphatic carbocycles. The lowest BCUT2D eigenvalue weighted by molar-refractivity contribution is -0.138. The van der Waals surface area contributed by atoms with Gasteiger partial charge in [0.25, 0.3) is 5.91 Å². The van der Waals surface area contributed by atoms with Crippen LogP contribution in [0.3, 0.4) is 0 Å². The van der Waals surface area contributed by atoms with Crippen molar-refractivity contribution in [3.05, 3.63) is 35.4 Å². The van der Waals surface area contributed by atoms with Crippen molar-refractivity contribution >= 4 is 11.8 Å². The Morgan fingerprint density at radius 3 is 2.45 bits per heavy atom. The van der Waals surface area contributed by atoms with Gasteiger partial charge in [-0.2, -0.15) is 0 Å². The number of carbonyl (C=O) groups is 2. The molecule has 1 saturated carbocycles. The van der Waals surface area contributed by atoms with Crippen LogP contribution in [0, 0.1) is 11.8 Å². The molecular weight excluding hydrogens is 372 g/mol. The van der Waals surface area contributed by atoms with Crippen LogP contribution >= 0.6 is 0 Å². The molecule has 1 fully saturated rings. The maximum Gasteiger partial charge on any atom is 0.253 e. The summed E-state index contributed by atoms with van der Waals surface area (Å²) in [6.45, 7) is 3.46. The molecule has 0 radical (unpaired) electrons. The van der Waals surface area contributed by atoms with Gasteiger partial charge < -0.3 is 26.8 Å². The van der Waals surface area contributed by atoms with Crippen molar-refractivity contribution in [2.45, 2.75) is 76.1 Å². The van der Waals surface area contributed by atoms with Crippen LogP contribution in [-0.2, 0) is 21.6 Å². The summed E-state index contributed by atoms with van der Waals surface area (Å²) in [6, 6.07) is 6.84. The highest BCUT2D eigenvalue weighted by Gasteiger charge is 2.43. The van der Waals surface area contributed by atoms with Crippen LogP contribution < -0.4 is 11.5 Å². The minimum atomic E-state index is -1.77. The number of rotatable bonds is 9. The van der Waals surface area contributed by atoms with Gasteiger partial charge in [0.15, 0.2) is 5.60 Å². The van der Waals surface area contributed by atoms with E-state index in [4.69, 9.17) is 11.5 Å². The van der Waals surface area contributed by atoms with Gasteiger partial charge in [-0.3, -0.25) is 9.59 Å². The van der Waals surface area contributed by atoms with Gasteiger partial charge in [-0.15, -0.1) is 0 Å². The zero-order chi connectivity index (χ0) is 21.8. The summed E-state index contributed by atoms with van der Waals surface area (Å²) in [6.07, 6.45) is 2.84. The predicted molar refractivity (Wildman–Crippen MR) is 109 cm³/mol. The van der Waals surface area contributed by atoms with Crippen LogP contribution in [0.15, 0.2) is 24.3 Å². The van der Waals surface area contributed by atoms with E-state index in [1.54, 1.807) is 18.2 Å². The van der Waals surface area contributed by atoms with Crippen molar-refractivity contribution in [1.29, 1.82) is 0 Å². The number of carbonyl (C=O) groups excluding carboxylic acids is 2. The fourth-order valence-electron chi connectivity index (χ4n) is 4.11. The minimum absolute atomic E-state index is 0.110. The second kappa shape index (κ2) is 9.24. The van der Waals surface area contributed by atoms with Gasteiger partial charge in [0.2, 0.25) is 5.91 Å². The Hall–Kier alpha value is -1.96. The largest absolute Gasteiger partial charge is 0.393 e. The fourth-order valence-corrected chi connectivity index (χ4v) is 4.11. The fraction of sp³-hybridized carbons (Fsp3) is 0.636. The Bertz CT molecular complexity index is 726. The van der Waals surface area contributed by atoms with E-state index >= 15 is 0 Å². The Labute approximate surface area is 172 Å². The number of amides is 2. The first-order valence-electron chi connectivity index (χ1n) is 10.3. The first-order valence-corrected chi connectivity index (χ1v) is 10.3. The van der Waals surface area contributed by atoms with Crippen molar-refractivity contribution in [1.82, 2.24) is 0 Å². The highest BCUT2D eigenvalue weighted by atomic mass is 16.3. The van der Waals surface area contributed by atoms with Gasteiger partial charge in [0.1, 0.15) is 0 Å². The lowest BCUT2D eigenvalue weighted by Gasteiger charge is -2.40. The third-order valence-electron chi connectivity index (χ3n) is 6.38. The van der Waals surface area contributed by atoms with Gasteiger partial charge >= 0.3 is 0 Å². The molecule has 1 aromatic carbocycles. The summed E-state index contributed by atoms with van der Waals surface area (Å²) < 4.78 is 0. The molecule has 7 heteroatoms. The van der Waals surface area contributed by atoms with Gasteiger partial charge in [0.05, 0.1) is 17.6 Å². The zero-order valence-corrected chi connectivity index (χ0v) is 17.3. The average molecular weight is 407 g/mol. The van der Waals surface area contributed by atoms with Gasteiger partial charge in [-0.05, 0) is 68.9 Å². The van der Waals surface area contributed by atoms with Gasteiger partial charge in [-0.1, -0.05) is 31.2 Å². The van der Waals surface area contributed by atoms with E-state index in [9.17, 15) is 24.9 Å². The summed E-state index contributed by atoms with van der Waals surface area (Å²) in [5, 5.41) is 31.7. The number of hydrogen-bond donors (Lipinski definition) is 5. The van der Waals surface area contributed by atoms with E-state index in [1.165, 1.54) is 6.92 Å². The number of aryl methyl sites for hydroxylation is 1. The highest BCUT2D eigenvalue weighted by Crippen LogP contribution is 2.39. The lowest BCUT2D eigenvalue weighted by atomic mass is 9.70. The van der Waals surface area contributed by atoms with Crippen LogP contribution in [0.4, 0.5) is 0 Å². The molecule has 0 aliphatic heterocycles. The highest BCUT2D eigenvalue weighted by molar-refractivity contribution is 5.84. The van der Waals surface area contributed by atoms with E-state index in [1.807, 2.05) is 6.07 Å².